The topological polar surface area (TPSA) is 0 Å². The first-order valence-corrected chi connectivity index (χ1v) is 7.18. The minimum atomic E-state index is -2.46. The highest BCUT2D eigenvalue weighted by Crippen LogP contribution is 2.43. The van der Waals surface area contributed by atoms with Gasteiger partial charge in [0.15, 0.2) is 0 Å². The molecule has 0 radical (unpaired) electrons. The monoisotopic (exact) mass is 272 g/mol. The van der Waals surface area contributed by atoms with Crippen LogP contribution in [0.2, 0.25) is 0 Å². The van der Waals surface area contributed by atoms with Crippen molar-refractivity contribution in [3.8, 4) is 11.1 Å². The molecule has 0 N–H and O–H groups in total. The molecule has 2 heteroatoms. The molecule has 0 bridgehead atoms. The van der Waals surface area contributed by atoms with Gasteiger partial charge in [-0.2, -0.15) is 0 Å². The molecular formula is C18H18F2. The summed E-state index contributed by atoms with van der Waals surface area (Å²) in [6, 6.07) is 18.4. The van der Waals surface area contributed by atoms with Crippen LogP contribution in [0.3, 0.4) is 0 Å². The van der Waals surface area contributed by atoms with Gasteiger partial charge in [-0.25, -0.2) is 8.78 Å². The number of benzene rings is 2. The van der Waals surface area contributed by atoms with E-state index in [0.717, 1.165) is 0 Å². The number of rotatable bonds is 2. The fraction of sp³-hybridized carbons (Fsp3) is 0.333. The van der Waals surface area contributed by atoms with Crippen LogP contribution >= 0.6 is 0 Å². The van der Waals surface area contributed by atoms with Crippen molar-refractivity contribution >= 4 is 0 Å². The molecule has 1 aliphatic rings. The predicted octanol–water partition coefficient (Wildman–Crippen LogP) is 5.65. The van der Waals surface area contributed by atoms with Gasteiger partial charge in [0, 0.05) is 12.8 Å². The van der Waals surface area contributed by atoms with Gasteiger partial charge in [-0.15, -0.1) is 0 Å². The Kier molecular flexibility index (Phi) is 3.56. The van der Waals surface area contributed by atoms with Crippen molar-refractivity contribution in [3.05, 3.63) is 60.2 Å². The molecule has 0 amide bonds. The molecule has 2 aromatic rings. The van der Waals surface area contributed by atoms with Gasteiger partial charge in [0.1, 0.15) is 0 Å². The molecule has 2 aromatic carbocycles. The van der Waals surface area contributed by atoms with Gasteiger partial charge in [-0.1, -0.05) is 54.6 Å². The van der Waals surface area contributed by atoms with Crippen LogP contribution in [-0.4, -0.2) is 5.92 Å². The first-order valence-electron chi connectivity index (χ1n) is 7.18. The molecule has 1 aliphatic carbocycles. The number of hydrogen-bond acceptors (Lipinski definition) is 0. The number of halogens is 2. The zero-order valence-electron chi connectivity index (χ0n) is 11.4. The van der Waals surface area contributed by atoms with E-state index in [1.54, 1.807) is 0 Å². The lowest BCUT2D eigenvalue weighted by molar-refractivity contribution is -0.0381. The molecule has 0 nitrogen and oxygen atoms in total. The third-order valence-electron chi connectivity index (χ3n) is 4.20. The second-order valence-corrected chi connectivity index (χ2v) is 5.58. The molecule has 0 saturated heterocycles. The molecule has 0 spiro atoms. The van der Waals surface area contributed by atoms with Crippen molar-refractivity contribution in [2.24, 2.45) is 0 Å². The summed E-state index contributed by atoms with van der Waals surface area (Å²) in [5.74, 6) is -2.20. The van der Waals surface area contributed by atoms with Crippen molar-refractivity contribution < 1.29 is 8.78 Å². The van der Waals surface area contributed by atoms with Crippen LogP contribution in [0.5, 0.6) is 0 Å². The van der Waals surface area contributed by atoms with Crippen LogP contribution < -0.4 is 0 Å². The molecule has 20 heavy (non-hydrogen) atoms. The molecule has 0 aromatic heterocycles. The van der Waals surface area contributed by atoms with E-state index in [4.69, 9.17) is 0 Å². The summed E-state index contributed by atoms with van der Waals surface area (Å²) in [7, 11) is 0. The minimum Gasteiger partial charge on any atom is -0.207 e. The van der Waals surface area contributed by atoms with Crippen LogP contribution in [0.15, 0.2) is 54.6 Å². The SMILES string of the molecule is FC1(F)CCC(c2ccccc2-c2ccccc2)CC1. The van der Waals surface area contributed by atoms with Gasteiger partial charge < -0.3 is 0 Å². The van der Waals surface area contributed by atoms with E-state index in [2.05, 4.69) is 24.3 Å². The van der Waals surface area contributed by atoms with Gasteiger partial charge in [-0.05, 0) is 35.4 Å². The quantitative estimate of drug-likeness (QED) is 0.663. The first kappa shape index (κ1) is 13.3. The fourth-order valence-corrected chi connectivity index (χ4v) is 3.08. The minimum absolute atomic E-state index is 0.0147. The lowest BCUT2D eigenvalue weighted by Crippen LogP contribution is -2.23. The number of hydrogen-bond donors (Lipinski definition) is 0. The summed E-state index contributed by atoms with van der Waals surface area (Å²) in [4.78, 5) is 0. The Balaban J connectivity index is 1.91. The van der Waals surface area contributed by atoms with E-state index in [0.29, 0.717) is 12.8 Å². The maximum Gasteiger partial charge on any atom is 0.248 e. The summed E-state index contributed by atoms with van der Waals surface area (Å²) in [5.41, 5.74) is 3.57. The molecule has 1 fully saturated rings. The number of alkyl halides is 2. The van der Waals surface area contributed by atoms with Gasteiger partial charge in [0.05, 0.1) is 0 Å². The van der Waals surface area contributed by atoms with Crippen molar-refractivity contribution in [2.45, 2.75) is 37.5 Å². The molecule has 3 rings (SSSR count). The van der Waals surface area contributed by atoms with Crippen LogP contribution in [0.1, 0.15) is 37.2 Å². The summed E-state index contributed by atoms with van der Waals surface area (Å²) in [5, 5.41) is 0. The molecule has 104 valence electrons. The van der Waals surface area contributed by atoms with Gasteiger partial charge in [0.25, 0.3) is 0 Å². The van der Waals surface area contributed by atoms with Crippen molar-refractivity contribution in [3.63, 3.8) is 0 Å². The summed E-state index contributed by atoms with van der Waals surface area (Å²) in [6.07, 6.45) is 1.19. The summed E-state index contributed by atoms with van der Waals surface area (Å²) < 4.78 is 26.6. The maximum absolute atomic E-state index is 13.3. The molecule has 0 unspecified atom stereocenters. The van der Waals surface area contributed by atoms with Gasteiger partial charge >= 0.3 is 0 Å². The maximum atomic E-state index is 13.3. The summed E-state index contributed by atoms with van der Waals surface area (Å²) in [6.45, 7) is 0. The predicted molar refractivity (Wildman–Crippen MR) is 78.0 cm³/mol. The molecule has 1 saturated carbocycles. The Labute approximate surface area is 118 Å². The third-order valence-corrected chi connectivity index (χ3v) is 4.20. The zero-order valence-corrected chi connectivity index (χ0v) is 11.4. The molecule has 0 heterocycles. The van der Waals surface area contributed by atoms with Crippen molar-refractivity contribution in [1.29, 1.82) is 0 Å². The second kappa shape index (κ2) is 5.35. The average molecular weight is 272 g/mol. The zero-order chi connectivity index (χ0) is 14.0. The molecule has 0 aliphatic heterocycles. The normalized spacial score (nSPS) is 18.9. The lowest BCUT2D eigenvalue weighted by atomic mass is 9.79. The first-order chi connectivity index (χ1) is 9.66. The average Bonchev–Trinajstić information content (AvgIpc) is 2.48. The fourth-order valence-electron chi connectivity index (χ4n) is 3.08. The third kappa shape index (κ3) is 2.74. The Hall–Kier alpha value is -1.70. The highest BCUT2D eigenvalue weighted by Gasteiger charge is 2.35. The Morgan fingerprint density at radius 1 is 0.800 bits per heavy atom. The van der Waals surface area contributed by atoms with Crippen LogP contribution in [0, 0.1) is 0 Å². The Morgan fingerprint density at radius 2 is 1.40 bits per heavy atom. The van der Waals surface area contributed by atoms with E-state index >= 15 is 0 Å². The van der Waals surface area contributed by atoms with Crippen molar-refractivity contribution in [2.75, 3.05) is 0 Å². The lowest BCUT2D eigenvalue weighted by Gasteiger charge is -2.29. The Morgan fingerprint density at radius 3 is 2.10 bits per heavy atom. The Bertz CT molecular complexity index is 565. The molecular weight excluding hydrogens is 254 g/mol. The van der Waals surface area contributed by atoms with E-state index in [1.165, 1.54) is 16.7 Å². The molecule has 0 atom stereocenters. The summed E-state index contributed by atoms with van der Waals surface area (Å²) >= 11 is 0. The van der Waals surface area contributed by atoms with Crippen molar-refractivity contribution in [1.82, 2.24) is 0 Å². The van der Waals surface area contributed by atoms with Crippen LogP contribution in [-0.2, 0) is 0 Å². The van der Waals surface area contributed by atoms with Crippen LogP contribution in [0.4, 0.5) is 8.78 Å². The van der Waals surface area contributed by atoms with E-state index < -0.39 is 5.92 Å². The largest absolute Gasteiger partial charge is 0.248 e. The van der Waals surface area contributed by atoms with Crippen LogP contribution in [0.25, 0.3) is 11.1 Å². The van der Waals surface area contributed by atoms with Gasteiger partial charge in [0.2, 0.25) is 5.92 Å². The van der Waals surface area contributed by atoms with E-state index in [-0.39, 0.29) is 18.8 Å². The van der Waals surface area contributed by atoms with E-state index in [9.17, 15) is 8.78 Å². The second-order valence-electron chi connectivity index (χ2n) is 5.58. The highest BCUT2D eigenvalue weighted by atomic mass is 19.3. The standard InChI is InChI=1S/C18H18F2/c19-18(20)12-10-15(11-13-18)17-9-5-4-8-16(17)14-6-2-1-3-7-14/h1-9,15H,10-13H2. The smallest absolute Gasteiger partial charge is 0.207 e. The van der Waals surface area contributed by atoms with Gasteiger partial charge in [-0.3, -0.25) is 0 Å². The van der Waals surface area contributed by atoms with E-state index in [1.807, 2.05) is 30.3 Å². The highest BCUT2D eigenvalue weighted by molar-refractivity contribution is 5.68.